The van der Waals surface area contributed by atoms with E-state index >= 15 is 0 Å². The highest BCUT2D eigenvalue weighted by atomic mass is 16.5. The molecule has 1 unspecified atom stereocenters. The molecule has 6 nitrogen and oxygen atoms in total. The van der Waals surface area contributed by atoms with Gasteiger partial charge < -0.3 is 20.3 Å². The van der Waals surface area contributed by atoms with E-state index in [0.29, 0.717) is 38.1 Å². The summed E-state index contributed by atoms with van der Waals surface area (Å²) in [7, 11) is 1.74. The lowest BCUT2D eigenvalue weighted by Gasteiger charge is -2.33. The molecule has 0 bridgehead atoms. The average molecular weight is 375 g/mol. The molecule has 1 atom stereocenters. The third-order valence-corrected chi connectivity index (χ3v) is 4.95. The molecule has 6 heteroatoms. The lowest BCUT2D eigenvalue weighted by molar-refractivity contribution is -0.134. The number of nitrogens with zero attached hydrogens (tertiary/aromatic N) is 2. The number of piperidine rings is 1. The van der Waals surface area contributed by atoms with Crippen LogP contribution in [0.1, 0.15) is 50.7 Å². The second kappa shape index (κ2) is 10.8. The van der Waals surface area contributed by atoms with Gasteiger partial charge in [0.2, 0.25) is 5.91 Å². The first-order chi connectivity index (χ1) is 13.0. The minimum atomic E-state index is 0.224. The van der Waals surface area contributed by atoms with Gasteiger partial charge in [0, 0.05) is 44.7 Å². The molecule has 0 aliphatic carbocycles. The second-order valence-electron chi connectivity index (χ2n) is 7.08. The number of rotatable bonds is 7. The lowest BCUT2D eigenvalue weighted by Crippen LogP contribution is -2.44. The number of guanidine groups is 1. The Kier molecular flexibility index (Phi) is 8.43. The van der Waals surface area contributed by atoms with Crippen LogP contribution in [0.25, 0.3) is 0 Å². The van der Waals surface area contributed by atoms with Crippen LogP contribution in [0.15, 0.2) is 23.2 Å². The molecule has 1 fully saturated rings. The molecule has 0 radical (unpaired) electrons. The summed E-state index contributed by atoms with van der Waals surface area (Å²) in [5, 5.41) is 6.54. The molecule has 1 aliphatic rings. The number of aryl methyl sites for hydroxylation is 1. The van der Waals surface area contributed by atoms with Crippen molar-refractivity contribution in [1.29, 1.82) is 0 Å². The molecule has 1 saturated heterocycles. The predicted molar refractivity (Wildman–Crippen MR) is 110 cm³/mol. The number of nitrogens with one attached hydrogen (secondary N) is 2. The maximum atomic E-state index is 12.4. The number of benzene rings is 1. The number of likely N-dealkylation sites (tertiary alicyclic amines) is 1. The fraction of sp³-hybridized carbons (Fsp3) is 0.619. The van der Waals surface area contributed by atoms with Crippen LogP contribution in [0.2, 0.25) is 0 Å². The van der Waals surface area contributed by atoms with Gasteiger partial charge in [0.15, 0.2) is 5.96 Å². The van der Waals surface area contributed by atoms with Crippen LogP contribution >= 0.6 is 0 Å². The van der Waals surface area contributed by atoms with E-state index in [-0.39, 0.29) is 5.91 Å². The minimum absolute atomic E-state index is 0.224. The summed E-state index contributed by atoms with van der Waals surface area (Å²) in [4.78, 5) is 18.7. The van der Waals surface area contributed by atoms with Crippen molar-refractivity contribution in [1.82, 2.24) is 15.5 Å². The highest BCUT2D eigenvalue weighted by molar-refractivity contribution is 5.81. The zero-order chi connectivity index (χ0) is 19.6. The van der Waals surface area contributed by atoms with Gasteiger partial charge in [-0.2, -0.15) is 0 Å². The standard InChI is InChI=1S/C21H34N4O2/c1-5-27-19-14-16(2)9-10-18(19)15-24-21(22-4)23-12-11-20(26)25-13-7-6-8-17(25)3/h9-10,14,17H,5-8,11-13,15H2,1-4H3,(H2,22,23,24). The molecular formula is C21H34N4O2. The minimum Gasteiger partial charge on any atom is -0.494 e. The van der Waals surface area contributed by atoms with Crippen molar-refractivity contribution in [3.05, 3.63) is 29.3 Å². The summed E-state index contributed by atoms with van der Waals surface area (Å²) < 4.78 is 5.72. The maximum absolute atomic E-state index is 12.4. The molecule has 2 N–H and O–H groups in total. The highest BCUT2D eigenvalue weighted by Crippen LogP contribution is 2.20. The molecule has 1 aromatic rings. The van der Waals surface area contributed by atoms with Crippen LogP contribution in [-0.4, -0.2) is 49.6 Å². The van der Waals surface area contributed by atoms with E-state index in [1.54, 1.807) is 7.05 Å². The van der Waals surface area contributed by atoms with Crippen molar-refractivity contribution in [3.63, 3.8) is 0 Å². The van der Waals surface area contributed by atoms with Gasteiger partial charge in [-0.1, -0.05) is 12.1 Å². The van der Waals surface area contributed by atoms with Crippen LogP contribution < -0.4 is 15.4 Å². The molecule has 0 saturated carbocycles. The van der Waals surface area contributed by atoms with E-state index < -0.39 is 0 Å². The van der Waals surface area contributed by atoms with Crippen molar-refractivity contribution >= 4 is 11.9 Å². The lowest BCUT2D eigenvalue weighted by atomic mass is 10.0. The van der Waals surface area contributed by atoms with Crippen LogP contribution in [0.5, 0.6) is 5.75 Å². The molecule has 1 amide bonds. The number of carbonyl (C=O) groups excluding carboxylic acids is 1. The monoisotopic (exact) mass is 374 g/mol. The molecule has 1 aliphatic heterocycles. The van der Waals surface area contributed by atoms with Gasteiger partial charge in [-0.3, -0.25) is 9.79 Å². The van der Waals surface area contributed by atoms with Crippen LogP contribution in [0.3, 0.4) is 0 Å². The van der Waals surface area contributed by atoms with Gasteiger partial charge >= 0.3 is 0 Å². The Bertz CT molecular complexity index is 645. The van der Waals surface area contributed by atoms with Crippen molar-refractivity contribution in [3.8, 4) is 5.75 Å². The summed E-state index contributed by atoms with van der Waals surface area (Å²) in [5.74, 6) is 1.81. The summed E-state index contributed by atoms with van der Waals surface area (Å²) in [6, 6.07) is 6.56. The number of ether oxygens (including phenoxy) is 1. The average Bonchev–Trinajstić information content (AvgIpc) is 2.66. The number of hydrogen-bond acceptors (Lipinski definition) is 3. The first-order valence-corrected chi connectivity index (χ1v) is 10.0. The van der Waals surface area contributed by atoms with Gasteiger partial charge in [-0.25, -0.2) is 0 Å². The molecule has 0 spiro atoms. The normalized spacial score (nSPS) is 17.6. The summed E-state index contributed by atoms with van der Waals surface area (Å²) in [6.07, 6.45) is 3.94. The Hall–Kier alpha value is -2.24. The Morgan fingerprint density at radius 1 is 1.33 bits per heavy atom. The predicted octanol–water partition coefficient (Wildman–Crippen LogP) is 2.85. The van der Waals surface area contributed by atoms with E-state index in [2.05, 4.69) is 47.7 Å². The first kappa shape index (κ1) is 21.1. The molecule has 27 heavy (non-hydrogen) atoms. The Labute approximate surface area is 163 Å². The van der Waals surface area contributed by atoms with Crippen molar-refractivity contribution < 1.29 is 9.53 Å². The van der Waals surface area contributed by atoms with Crippen LogP contribution in [0.4, 0.5) is 0 Å². The fourth-order valence-corrected chi connectivity index (χ4v) is 3.40. The number of aliphatic imine (C=N–C) groups is 1. The molecule has 150 valence electrons. The number of amides is 1. The van der Waals surface area contributed by atoms with Crippen molar-refractivity contribution in [2.75, 3.05) is 26.7 Å². The first-order valence-electron chi connectivity index (χ1n) is 10.0. The Morgan fingerprint density at radius 2 is 2.15 bits per heavy atom. The van der Waals surface area contributed by atoms with E-state index in [1.807, 2.05) is 11.8 Å². The van der Waals surface area contributed by atoms with Gasteiger partial charge in [-0.15, -0.1) is 0 Å². The quantitative estimate of drug-likeness (QED) is 0.569. The zero-order valence-electron chi connectivity index (χ0n) is 17.2. The fourth-order valence-electron chi connectivity index (χ4n) is 3.40. The van der Waals surface area contributed by atoms with E-state index in [4.69, 9.17) is 4.74 Å². The van der Waals surface area contributed by atoms with E-state index in [0.717, 1.165) is 30.7 Å². The second-order valence-corrected chi connectivity index (χ2v) is 7.08. The zero-order valence-corrected chi connectivity index (χ0v) is 17.2. The largest absolute Gasteiger partial charge is 0.494 e. The maximum Gasteiger partial charge on any atom is 0.224 e. The summed E-state index contributed by atoms with van der Waals surface area (Å²) >= 11 is 0. The SMILES string of the molecule is CCOc1cc(C)ccc1CNC(=NC)NCCC(=O)N1CCCCC1C. The smallest absolute Gasteiger partial charge is 0.224 e. The summed E-state index contributed by atoms with van der Waals surface area (Å²) in [6.45, 7) is 8.91. The van der Waals surface area contributed by atoms with Crippen molar-refractivity contribution in [2.24, 2.45) is 4.99 Å². The van der Waals surface area contributed by atoms with Gasteiger partial charge in [0.25, 0.3) is 0 Å². The van der Waals surface area contributed by atoms with Gasteiger partial charge in [0.05, 0.1) is 6.61 Å². The third kappa shape index (κ3) is 6.45. The highest BCUT2D eigenvalue weighted by Gasteiger charge is 2.22. The van der Waals surface area contributed by atoms with Crippen molar-refractivity contribution in [2.45, 2.75) is 59.0 Å². The molecule has 1 heterocycles. The third-order valence-electron chi connectivity index (χ3n) is 4.95. The Balaban J connectivity index is 1.80. The van der Waals surface area contributed by atoms with Gasteiger partial charge in [0.1, 0.15) is 5.75 Å². The van der Waals surface area contributed by atoms with E-state index in [9.17, 15) is 4.79 Å². The van der Waals surface area contributed by atoms with Crippen LogP contribution in [-0.2, 0) is 11.3 Å². The number of carbonyl (C=O) groups is 1. The topological polar surface area (TPSA) is 66.0 Å². The van der Waals surface area contributed by atoms with E-state index in [1.165, 1.54) is 12.0 Å². The number of hydrogen-bond donors (Lipinski definition) is 2. The van der Waals surface area contributed by atoms with Crippen LogP contribution in [0, 0.1) is 6.92 Å². The molecule has 0 aromatic heterocycles. The van der Waals surface area contributed by atoms with Gasteiger partial charge in [-0.05, 0) is 51.7 Å². The summed E-state index contributed by atoms with van der Waals surface area (Å²) in [5.41, 5.74) is 2.26. The molecular weight excluding hydrogens is 340 g/mol. The molecule has 2 rings (SSSR count). The Morgan fingerprint density at radius 3 is 2.85 bits per heavy atom. The molecule has 1 aromatic carbocycles.